The number of carbonyl (C=O) groups is 2. The van der Waals surface area contributed by atoms with Gasteiger partial charge in [-0.1, -0.05) is 60.1 Å². The topological polar surface area (TPSA) is 49.4 Å². The van der Waals surface area contributed by atoms with Crippen LogP contribution in [0.2, 0.25) is 5.02 Å². The third-order valence-corrected chi connectivity index (χ3v) is 5.59. The van der Waals surface area contributed by atoms with Crippen molar-refractivity contribution in [2.24, 2.45) is 0 Å². The second kappa shape index (κ2) is 8.03. The zero-order valence-corrected chi connectivity index (χ0v) is 16.2. The van der Waals surface area contributed by atoms with Gasteiger partial charge in [-0.2, -0.15) is 0 Å². The molecular formula is C23H21ClN2O2. The summed E-state index contributed by atoms with van der Waals surface area (Å²) in [5.41, 5.74) is 1.22. The molecule has 3 aromatic rings. The van der Waals surface area contributed by atoms with E-state index in [1.807, 2.05) is 59.5 Å². The minimum Gasteiger partial charge on any atom is -0.349 e. The fourth-order valence-electron chi connectivity index (χ4n) is 3.72. The molecule has 0 atom stereocenters. The molecule has 0 bridgehead atoms. The summed E-state index contributed by atoms with van der Waals surface area (Å²) in [6.45, 7) is 1.20. The normalized spacial score (nSPS) is 14.8. The average Bonchev–Trinajstić information content (AvgIpc) is 2.73. The van der Waals surface area contributed by atoms with Crippen molar-refractivity contribution in [3.05, 3.63) is 82.9 Å². The average molecular weight is 393 g/mol. The number of piperidine rings is 1. The van der Waals surface area contributed by atoms with Gasteiger partial charge >= 0.3 is 0 Å². The first-order chi connectivity index (χ1) is 13.6. The van der Waals surface area contributed by atoms with Crippen LogP contribution in [0.15, 0.2) is 66.7 Å². The Morgan fingerprint density at radius 3 is 2.29 bits per heavy atom. The van der Waals surface area contributed by atoms with Gasteiger partial charge in [0.2, 0.25) is 0 Å². The lowest BCUT2D eigenvalue weighted by atomic mass is 10.0. The van der Waals surface area contributed by atoms with Crippen molar-refractivity contribution in [3.63, 3.8) is 0 Å². The maximum atomic E-state index is 12.8. The summed E-state index contributed by atoms with van der Waals surface area (Å²) in [6, 6.07) is 20.8. The highest BCUT2D eigenvalue weighted by molar-refractivity contribution is 6.33. The molecule has 1 N–H and O–H groups in total. The molecule has 3 aromatic carbocycles. The van der Waals surface area contributed by atoms with E-state index in [4.69, 9.17) is 11.6 Å². The Bertz CT molecular complexity index is 1020. The lowest BCUT2D eigenvalue weighted by molar-refractivity contribution is 0.0698. The number of halogens is 1. The van der Waals surface area contributed by atoms with E-state index in [-0.39, 0.29) is 17.9 Å². The minimum absolute atomic E-state index is 0.0515. The largest absolute Gasteiger partial charge is 0.349 e. The van der Waals surface area contributed by atoms with E-state index in [1.54, 1.807) is 12.1 Å². The molecule has 28 heavy (non-hydrogen) atoms. The second-order valence-electron chi connectivity index (χ2n) is 7.05. The number of amides is 2. The Labute approximate surface area is 169 Å². The SMILES string of the molecule is O=C(NC1CCN(C(=O)c2ccccc2Cl)CC1)c1cccc2ccccc12. The summed E-state index contributed by atoms with van der Waals surface area (Å²) >= 11 is 6.15. The number of fused-ring (bicyclic) bond motifs is 1. The molecule has 1 fully saturated rings. The minimum atomic E-state index is -0.0623. The lowest BCUT2D eigenvalue weighted by Gasteiger charge is -2.32. The van der Waals surface area contributed by atoms with Gasteiger partial charge in [-0.05, 0) is 41.8 Å². The number of likely N-dealkylation sites (tertiary alicyclic amines) is 1. The highest BCUT2D eigenvalue weighted by Crippen LogP contribution is 2.21. The van der Waals surface area contributed by atoms with Gasteiger partial charge in [0.15, 0.2) is 0 Å². The van der Waals surface area contributed by atoms with Gasteiger partial charge in [0.05, 0.1) is 10.6 Å². The monoisotopic (exact) mass is 392 g/mol. The van der Waals surface area contributed by atoms with Crippen LogP contribution in [0.3, 0.4) is 0 Å². The maximum absolute atomic E-state index is 12.8. The number of nitrogens with zero attached hydrogens (tertiary/aromatic N) is 1. The fourth-order valence-corrected chi connectivity index (χ4v) is 3.94. The summed E-state index contributed by atoms with van der Waals surface area (Å²) in [5, 5.41) is 5.61. The first-order valence-electron chi connectivity index (χ1n) is 9.46. The molecule has 1 aliphatic heterocycles. The molecule has 1 aliphatic rings. The summed E-state index contributed by atoms with van der Waals surface area (Å²) in [4.78, 5) is 27.3. The molecular weight excluding hydrogens is 372 g/mol. The van der Waals surface area contributed by atoms with Crippen LogP contribution < -0.4 is 5.32 Å². The second-order valence-corrected chi connectivity index (χ2v) is 7.45. The van der Waals surface area contributed by atoms with Gasteiger partial charge in [-0.25, -0.2) is 0 Å². The van der Waals surface area contributed by atoms with Crippen molar-refractivity contribution in [1.82, 2.24) is 10.2 Å². The van der Waals surface area contributed by atoms with Crippen LogP contribution in [-0.4, -0.2) is 35.8 Å². The van der Waals surface area contributed by atoms with Crippen molar-refractivity contribution >= 4 is 34.2 Å². The van der Waals surface area contributed by atoms with Gasteiger partial charge in [0, 0.05) is 24.7 Å². The predicted octanol–water partition coefficient (Wildman–Crippen LogP) is 4.53. The molecule has 2 amide bonds. The van der Waals surface area contributed by atoms with Crippen LogP contribution >= 0.6 is 11.6 Å². The summed E-state index contributed by atoms with van der Waals surface area (Å²) in [6.07, 6.45) is 1.46. The molecule has 0 spiro atoms. The van der Waals surface area contributed by atoms with E-state index in [0.717, 1.165) is 23.6 Å². The van der Waals surface area contributed by atoms with E-state index in [1.165, 1.54) is 0 Å². The van der Waals surface area contributed by atoms with Gasteiger partial charge in [0.1, 0.15) is 0 Å². The molecule has 0 radical (unpaired) electrons. The fraction of sp³-hybridized carbons (Fsp3) is 0.217. The number of carbonyl (C=O) groups excluding carboxylic acids is 2. The molecule has 5 heteroatoms. The molecule has 142 valence electrons. The third kappa shape index (κ3) is 3.73. The zero-order valence-electron chi connectivity index (χ0n) is 15.4. The van der Waals surface area contributed by atoms with Gasteiger partial charge in [0.25, 0.3) is 11.8 Å². The van der Waals surface area contributed by atoms with Crippen molar-refractivity contribution in [2.75, 3.05) is 13.1 Å². The summed E-state index contributed by atoms with van der Waals surface area (Å²) in [7, 11) is 0. The smallest absolute Gasteiger partial charge is 0.255 e. The van der Waals surface area contributed by atoms with Crippen molar-refractivity contribution in [3.8, 4) is 0 Å². The molecule has 4 nitrogen and oxygen atoms in total. The Kier molecular flexibility index (Phi) is 5.31. The third-order valence-electron chi connectivity index (χ3n) is 5.26. The number of nitrogens with one attached hydrogen (secondary N) is 1. The molecule has 0 aromatic heterocycles. The van der Waals surface area contributed by atoms with Gasteiger partial charge in [-0.3, -0.25) is 9.59 Å². The van der Waals surface area contributed by atoms with Crippen molar-refractivity contribution in [1.29, 1.82) is 0 Å². The standard InChI is InChI=1S/C23H21ClN2O2/c24-21-11-4-3-9-20(21)23(28)26-14-12-17(13-15-26)25-22(27)19-10-5-7-16-6-1-2-8-18(16)19/h1-11,17H,12-15H2,(H,25,27). The molecule has 0 unspecified atom stereocenters. The van der Waals surface area contributed by atoms with Crippen LogP contribution in [0.1, 0.15) is 33.6 Å². The van der Waals surface area contributed by atoms with Crippen LogP contribution in [-0.2, 0) is 0 Å². The van der Waals surface area contributed by atoms with Crippen LogP contribution in [0.25, 0.3) is 10.8 Å². The molecule has 1 saturated heterocycles. The molecule has 0 saturated carbocycles. The quantitative estimate of drug-likeness (QED) is 0.712. The zero-order chi connectivity index (χ0) is 19.5. The van der Waals surface area contributed by atoms with E-state index in [9.17, 15) is 9.59 Å². The highest BCUT2D eigenvalue weighted by atomic mass is 35.5. The highest BCUT2D eigenvalue weighted by Gasteiger charge is 2.26. The van der Waals surface area contributed by atoms with Crippen LogP contribution in [0.4, 0.5) is 0 Å². The van der Waals surface area contributed by atoms with Crippen LogP contribution in [0, 0.1) is 0 Å². The van der Waals surface area contributed by atoms with E-state index in [2.05, 4.69) is 5.32 Å². The first kappa shape index (κ1) is 18.5. The number of hydrogen-bond acceptors (Lipinski definition) is 2. The van der Waals surface area contributed by atoms with Crippen LogP contribution in [0.5, 0.6) is 0 Å². The molecule has 1 heterocycles. The van der Waals surface area contributed by atoms with Crippen molar-refractivity contribution in [2.45, 2.75) is 18.9 Å². The molecule has 0 aliphatic carbocycles. The lowest BCUT2D eigenvalue weighted by Crippen LogP contribution is -2.46. The summed E-state index contributed by atoms with van der Waals surface area (Å²) < 4.78 is 0. The van der Waals surface area contributed by atoms with E-state index < -0.39 is 0 Å². The number of rotatable bonds is 3. The van der Waals surface area contributed by atoms with Gasteiger partial charge in [-0.15, -0.1) is 0 Å². The Morgan fingerprint density at radius 1 is 0.857 bits per heavy atom. The Balaban J connectivity index is 1.40. The maximum Gasteiger partial charge on any atom is 0.255 e. The van der Waals surface area contributed by atoms with E-state index >= 15 is 0 Å². The number of benzene rings is 3. The predicted molar refractivity (Wildman–Crippen MR) is 112 cm³/mol. The Hall–Kier alpha value is -2.85. The van der Waals surface area contributed by atoms with E-state index in [0.29, 0.717) is 29.2 Å². The van der Waals surface area contributed by atoms with Gasteiger partial charge < -0.3 is 10.2 Å². The van der Waals surface area contributed by atoms with Crippen molar-refractivity contribution < 1.29 is 9.59 Å². The Morgan fingerprint density at radius 2 is 1.50 bits per heavy atom. The summed E-state index contributed by atoms with van der Waals surface area (Å²) in [5.74, 6) is -0.114. The first-order valence-corrected chi connectivity index (χ1v) is 9.84. The number of hydrogen-bond donors (Lipinski definition) is 1. The molecule has 4 rings (SSSR count).